The van der Waals surface area contributed by atoms with Crippen molar-refractivity contribution in [2.24, 2.45) is 4.99 Å². The fourth-order valence-corrected chi connectivity index (χ4v) is 2.60. The minimum absolute atomic E-state index is 0.0759. The molecule has 0 spiro atoms. The average Bonchev–Trinajstić information content (AvgIpc) is 2.60. The van der Waals surface area contributed by atoms with Crippen LogP contribution in [0.2, 0.25) is 0 Å². The Kier molecular flexibility index (Phi) is 4.27. The van der Waals surface area contributed by atoms with Crippen LogP contribution in [0.4, 0.5) is 11.8 Å². The Labute approximate surface area is 133 Å². The van der Waals surface area contributed by atoms with E-state index < -0.39 is 5.91 Å². The van der Waals surface area contributed by atoms with Crippen molar-refractivity contribution in [3.63, 3.8) is 0 Å². The van der Waals surface area contributed by atoms with Gasteiger partial charge in [0.1, 0.15) is 5.82 Å². The zero-order chi connectivity index (χ0) is 16.2. The molecule has 3 rings (SSSR count). The first kappa shape index (κ1) is 15.1. The van der Waals surface area contributed by atoms with E-state index in [1.165, 1.54) is 6.42 Å². The molecule has 0 bridgehead atoms. The van der Waals surface area contributed by atoms with E-state index in [4.69, 9.17) is 5.73 Å². The van der Waals surface area contributed by atoms with Gasteiger partial charge in [-0.15, -0.1) is 4.73 Å². The van der Waals surface area contributed by atoms with Gasteiger partial charge in [0.25, 0.3) is 5.91 Å². The summed E-state index contributed by atoms with van der Waals surface area (Å²) in [5, 5.41) is 9.98. The fourth-order valence-electron chi connectivity index (χ4n) is 2.60. The van der Waals surface area contributed by atoms with Crippen LogP contribution in [0.1, 0.15) is 29.6 Å². The quantitative estimate of drug-likeness (QED) is 0.818. The van der Waals surface area contributed by atoms with Crippen LogP contribution in [-0.4, -0.2) is 33.9 Å². The van der Waals surface area contributed by atoms with Gasteiger partial charge in [0, 0.05) is 24.7 Å². The number of amides is 1. The van der Waals surface area contributed by atoms with E-state index >= 15 is 0 Å². The van der Waals surface area contributed by atoms with Gasteiger partial charge in [-0.1, -0.05) is 18.2 Å². The smallest absolute Gasteiger partial charge is 0.279 e. The molecule has 2 heterocycles. The number of hydrogen-bond donors (Lipinski definition) is 2. The summed E-state index contributed by atoms with van der Waals surface area (Å²) in [5.74, 6) is 0.100. The number of hydrogen-bond acceptors (Lipinski definition) is 5. The monoisotopic (exact) mass is 313 g/mol. The van der Waals surface area contributed by atoms with E-state index in [1.54, 1.807) is 30.3 Å². The molecule has 0 aliphatic carbocycles. The third kappa shape index (κ3) is 3.33. The highest BCUT2D eigenvalue weighted by molar-refractivity contribution is 5.94. The number of carbonyl (C=O) groups is 1. The van der Waals surface area contributed by atoms with Gasteiger partial charge < -0.3 is 15.8 Å². The molecular formula is C16H19N5O2. The van der Waals surface area contributed by atoms with Gasteiger partial charge in [0.15, 0.2) is 5.49 Å². The number of rotatable bonds is 2. The summed E-state index contributed by atoms with van der Waals surface area (Å²) >= 11 is 0. The normalized spacial score (nSPS) is 15.7. The molecule has 7 nitrogen and oxygen atoms in total. The van der Waals surface area contributed by atoms with Gasteiger partial charge in [-0.05, 0) is 31.4 Å². The van der Waals surface area contributed by atoms with Gasteiger partial charge in [0.05, 0.1) is 0 Å². The number of nitrogens with two attached hydrogens (primary N) is 1. The Morgan fingerprint density at radius 2 is 1.87 bits per heavy atom. The largest absolute Gasteiger partial charge is 0.423 e. The predicted octanol–water partition coefficient (Wildman–Crippen LogP) is 1.43. The van der Waals surface area contributed by atoms with Crippen LogP contribution in [0.5, 0.6) is 0 Å². The first-order valence-corrected chi connectivity index (χ1v) is 7.63. The maximum atomic E-state index is 12.2. The Hall–Kier alpha value is -2.83. The lowest BCUT2D eigenvalue weighted by Gasteiger charge is -2.27. The maximum absolute atomic E-state index is 12.2. The Morgan fingerprint density at radius 3 is 2.57 bits per heavy atom. The second kappa shape index (κ2) is 6.51. The Morgan fingerprint density at radius 1 is 1.17 bits per heavy atom. The van der Waals surface area contributed by atoms with Gasteiger partial charge in [0.2, 0.25) is 5.95 Å². The van der Waals surface area contributed by atoms with Crippen molar-refractivity contribution < 1.29 is 10.0 Å². The number of benzene rings is 1. The molecule has 1 aliphatic rings. The van der Waals surface area contributed by atoms with E-state index in [9.17, 15) is 10.0 Å². The molecule has 23 heavy (non-hydrogen) atoms. The van der Waals surface area contributed by atoms with Crippen molar-refractivity contribution in [3.05, 3.63) is 47.4 Å². The minimum atomic E-state index is -0.441. The highest BCUT2D eigenvalue weighted by Crippen LogP contribution is 2.16. The predicted molar refractivity (Wildman–Crippen MR) is 86.2 cm³/mol. The molecule has 0 unspecified atom stereocenters. The lowest BCUT2D eigenvalue weighted by Crippen LogP contribution is -2.33. The number of piperidine rings is 1. The number of carbonyl (C=O) groups excluding carboxylic acids is 1. The molecular weight excluding hydrogens is 294 g/mol. The molecule has 120 valence electrons. The third-order valence-electron chi connectivity index (χ3n) is 3.84. The van der Waals surface area contributed by atoms with Crippen molar-refractivity contribution in [1.29, 1.82) is 0 Å². The summed E-state index contributed by atoms with van der Waals surface area (Å²) in [5.41, 5.74) is 6.27. The SMILES string of the molecule is Nc1nc(N2CCCCC2)cc(=NC(=O)c2ccccc2)n1O. The average molecular weight is 313 g/mol. The highest BCUT2D eigenvalue weighted by atomic mass is 16.5. The second-order valence-corrected chi connectivity index (χ2v) is 5.47. The standard InChI is InChI=1S/C16H19N5O2/c17-16-19-13(20-9-5-2-6-10-20)11-14(21(16)23)18-15(22)12-7-3-1-4-8-12/h1,3-4,7-8,11,23H,2,5-6,9-10H2,(H2,17,19). The Bertz CT molecular complexity index is 764. The van der Waals surface area contributed by atoms with Gasteiger partial charge in [-0.25, -0.2) is 0 Å². The van der Waals surface area contributed by atoms with Gasteiger partial charge >= 0.3 is 0 Å². The molecule has 0 saturated carbocycles. The van der Waals surface area contributed by atoms with Crippen molar-refractivity contribution in [2.75, 3.05) is 23.7 Å². The topological polar surface area (TPSA) is 96.7 Å². The molecule has 0 atom stereocenters. The number of nitrogens with zero attached hydrogens (tertiary/aromatic N) is 4. The van der Waals surface area contributed by atoms with Crippen LogP contribution in [-0.2, 0) is 0 Å². The van der Waals surface area contributed by atoms with E-state index in [-0.39, 0.29) is 11.4 Å². The van der Waals surface area contributed by atoms with Crippen LogP contribution in [0.15, 0.2) is 41.4 Å². The molecule has 1 amide bonds. The molecule has 7 heteroatoms. The van der Waals surface area contributed by atoms with Crippen molar-refractivity contribution >= 4 is 17.7 Å². The summed E-state index contributed by atoms with van der Waals surface area (Å²) in [6.07, 6.45) is 3.37. The molecule has 2 aromatic rings. The minimum Gasteiger partial charge on any atom is -0.423 e. The maximum Gasteiger partial charge on any atom is 0.279 e. The number of nitrogen functional groups attached to an aromatic ring is 1. The van der Waals surface area contributed by atoms with Gasteiger partial charge in [-0.3, -0.25) is 4.79 Å². The van der Waals surface area contributed by atoms with Crippen LogP contribution < -0.4 is 16.1 Å². The molecule has 0 radical (unpaired) electrons. The lowest BCUT2D eigenvalue weighted by atomic mass is 10.1. The van der Waals surface area contributed by atoms with Crippen LogP contribution >= 0.6 is 0 Å². The van der Waals surface area contributed by atoms with Gasteiger partial charge in [-0.2, -0.15) is 9.98 Å². The molecule has 1 aliphatic heterocycles. The number of anilines is 2. The summed E-state index contributed by atoms with van der Waals surface area (Å²) in [6, 6.07) is 10.3. The van der Waals surface area contributed by atoms with Crippen molar-refractivity contribution in [3.8, 4) is 0 Å². The zero-order valence-electron chi connectivity index (χ0n) is 12.7. The zero-order valence-corrected chi connectivity index (χ0v) is 12.7. The van der Waals surface area contributed by atoms with Crippen molar-refractivity contribution in [2.45, 2.75) is 19.3 Å². The fraction of sp³-hybridized carbons (Fsp3) is 0.312. The summed E-state index contributed by atoms with van der Waals surface area (Å²) in [6.45, 7) is 1.77. The number of aromatic nitrogens is 2. The van der Waals surface area contributed by atoms with Crippen LogP contribution in [0.25, 0.3) is 0 Å². The molecule has 1 fully saturated rings. The van der Waals surface area contributed by atoms with E-state index in [0.29, 0.717) is 16.1 Å². The first-order chi connectivity index (χ1) is 11.1. The van der Waals surface area contributed by atoms with E-state index in [2.05, 4.69) is 14.9 Å². The molecule has 1 saturated heterocycles. The van der Waals surface area contributed by atoms with Crippen LogP contribution in [0.3, 0.4) is 0 Å². The molecule has 3 N–H and O–H groups in total. The second-order valence-electron chi connectivity index (χ2n) is 5.47. The summed E-state index contributed by atoms with van der Waals surface area (Å²) < 4.78 is 0.633. The summed E-state index contributed by atoms with van der Waals surface area (Å²) in [4.78, 5) is 22.4. The molecule has 1 aromatic carbocycles. The van der Waals surface area contributed by atoms with E-state index in [1.807, 2.05) is 6.07 Å². The Balaban J connectivity index is 1.99. The van der Waals surface area contributed by atoms with Crippen LogP contribution in [0, 0.1) is 0 Å². The highest BCUT2D eigenvalue weighted by Gasteiger charge is 2.15. The third-order valence-corrected chi connectivity index (χ3v) is 3.84. The summed E-state index contributed by atoms with van der Waals surface area (Å²) in [7, 11) is 0. The van der Waals surface area contributed by atoms with E-state index in [0.717, 1.165) is 25.9 Å². The lowest BCUT2D eigenvalue weighted by molar-refractivity contribution is 0.0988. The first-order valence-electron chi connectivity index (χ1n) is 7.63. The molecule has 1 aromatic heterocycles. The van der Waals surface area contributed by atoms with Crippen molar-refractivity contribution in [1.82, 2.24) is 9.71 Å².